The molecule has 0 aliphatic heterocycles. The summed E-state index contributed by atoms with van der Waals surface area (Å²) in [6.07, 6.45) is 3.38. The lowest BCUT2D eigenvalue weighted by atomic mass is 9.90. The standard InChI is InChI=1S/C24H30N2O4/c1-3-29-21-13-5-17(6-14-21)23(27)25-19-9-11-20(12-10-19)26-24(28)18-7-15-22(16-8-18)30-4-2/h5-8,13-16,19-20H,3-4,9-12H2,1-2H3,(H,25,27)(H,26,28). The molecule has 6 heteroatoms. The highest BCUT2D eigenvalue weighted by molar-refractivity contribution is 5.95. The van der Waals surface area contributed by atoms with Gasteiger partial charge in [-0.3, -0.25) is 9.59 Å². The van der Waals surface area contributed by atoms with Crippen molar-refractivity contribution >= 4 is 11.8 Å². The predicted molar refractivity (Wildman–Crippen MR) is 116 cm³/mol. The second-order valence-corrected chi connectivity index (χ2v) is 7.41. The maximum absolute atomic E-state index is 12.5. The molecule has 0 radical (unpaired) electrons. The van der Waals surface area contributed by atoms with Gasteiger partial charge < -0.3 is 20.1 Å². The first kappa shape index (κ1) is 21.7. The Balaban J connectivity index is 1.44. The van der Waals surface area contributed by atoms with Crippen LogP contribution in [0.2, 0.25) is 0 Å². The van der Waals surface area contributed by atoms with Gasteiger partial charge in [0.1, 0.15) is 11.5 Å². The van der Waals surface area contributed by atoms with E-state index in [0.29, 0.717) is 24.3 Å². The topological polar surface area (TPSA) is 76.7 Å². The fourth-order valence-electron chi connectivity index (χ4n) is 3.66. The van der Waals surface area contributed by atoms with Gasteiger partial charge in [-0.2, -0.15) is 0 Å². The van der Waals surface area contributed by atoms with Crippen LogP contribution in [-0.4, -0.2) is 37.1 Å². The third kappa shape index (κ3) is 5.99. The molecule has 0 atom stereocenters. The molecule has 0 heterocycles. The Morgan fingerprint density at radius 3 is 1.33 bits per heavy atom. The molecule has 1 saturated carbocycles. The van der Waals surface area contributed by atoms with Crippen molar-refractivity contribution in [2.24, 2.45) is 0 Å². The Bertz CT molecular complexity index is 754. The quantitative estimate of drug-likeness (QED) is 0.691. The normalized spacial score (nSPS) is 18.3. The number of amides is 2. The first-order valence-corrected chi connectivity index (χ1v) is 10.7. The first-order valence-electron chi connectivity index (χ1n) is 10.7. The maximum atomic E-state index is 12.5. The highest BCUT2D eigenvalue weighted by Crippen LogP contribution is 2.20. The molecule has 2 aromatic carbocycles. The monoisotopic (exact) mass is 410 g/mol. The number of hydrogen-bond donors (Lipinski definition) is 2. The van der Waals surface area contributed by atoms with E-state index in [1.807, 2.05) is 38.1 Å². The van der Waals surface area contributed by atoms with E-state index in [9.17, 15) is 9.59 Å². The van der Waals surface area contributed by atoms with Crippen molar-refractivity contribution in [3.05, 3.63) is 59.7 Å². The van der Waals surface area contributed by atoms with Crippen molar-refractivity contribution < 1.29 is 19.1 Å². The molecule has 3 rings (SSSR count). The number of carbonyl (C=O) groups excluding carboxylic acids is 2. The molecule has 2 amide bonds. The van der Waals surface area contributed by atoms with E-state index in [2.05, 4.69) is 10.6 Å². The Kier molecular flexibility index (Phi) is 7.71. The molecule has 1 aliphatic carbocycles. The zero-order chi connectivity index (χ0) is 21.3. The van der Waals surface area contributed by atoms with Gasteiger partial charge in [-0.15, -0.1) is 0 Å². The molecule has 2 aromatic rings. The van der Waals surface area contributed by atoms with Crippen molar-refractivity contribution in [2.75, 3.05) is 13.2 Å². The fraction of sp³-hybridized carbons (Fsp3) is 0.417. The summed E-state index contributed by atoms with van der Waals surface area (Å²) in [6, 6.07) is 14.6. The van der Waals surface area contributed by atoms with E-state index in [-0.39, 0.29) is 23.9 Å². The minimum atomic E-state index is -0.0695. The van der Waals surface area contributed by atoms with Crippen LogP contribution in [0.5, 0.6) is 11.5 Å². The number of nitrogens with one attached hydrogen (secondary N) is 2. The van der Waals surface area contributed by atoms with Gasteiger partial charge in [0.2, 0.25) is 0 Å². The number of rotatable bonds is 8. The number of hydrogen-bond acceptors (Lipinski definition) is 4. The van der Waals surface area contributed by atoms with Crippen LogP contribution in [0.1, 0.15) is 60.2 Å². The summed E-state index contributed by atoms with van der Waals surface area (Å²) >= 11 is 0. The third-order valence-electron chi connectivity index (χ3n) is 5.25. The van der Waals surface area contributed by atoms with E-state index in [4.69, 9.17) is 9.47 Å². The lowest BCUT2D eigenvalue weighted by Crippen LogP contribution is -2.43. The predicted octanol–water partition coefficient (Wildman–Crippen LogP) is 3.96. The summed E-state index contributed by atoms with van der Waals surface area (Å²) in [5.41, 5.74) is 1.26. The molecule has 2 N–H and O–H groups in total. The van der Waals surface area contributed by atoms with E-state index >= 15 is 0 Å². The molecule has 0 bridgehead atoms. The zero-order valence-corrected chi connectivity index (χ0v) is 17.6. The van der Waals surface area contributed by atoms with Crippen LogP contribution in [0.15, 0.2) is 48.5 Å². The average Bonchev–Trinajstić information content (AvgIpc) is 2.76. The largest absolute Gasteiger partial charge is 0.494 e. The Labute approximate surface area is 178 Å². The molecule has 160 valence electrons. The first-order chi connectivity index (χ1) is 14.6. The van der Waals surface area contributed by atoms with Crippen LogP contribution in [-0.2, 0) is 0 Å². The van der Waals surface area contributed by atoms with Gasteiger partial charge in [-0.05, 0) is 88.1 Å². The summed E-state index contributed by atoms with van der Waals surface area (Å²) in [4.78, 5) is 24.9. The summed E-state index contributed by atoms with van der Waals surface area (Å²) in [5, 5.41) is 6.21. The molecular weight excluding hydrogens is 380 g/mol. The minimum Gasteiger partial charge on any atom is -0.494 e. The Morgan fingerprint density at radius 2 is 1.03 bits per heavy atom. The van der Waals surface area contributed by atoms with Crippen LogP contribution < -0.4 is 20.1 Å². The molecule has 0 aromatic heterocycles. The average molecular weight is 411 g/mol. The summed E-state index contributed by atoms with van der Waals surface area (Å²) in [7, 11) is 0. The van der Waals surface area contributed by atoms with E-state index in [0.717, 1.165) is 37.2 Å². The third-order valence-corrected chi connectivity index (χ3v) is 5.25. The van der Waals surface area contributed by atoms with E-state index in [1.54, 1.807) is 24.3 Å². The van der Waals surface area contributed by atoms with Gasteiger partial charge in [0.25, 0.3) is 11.8 Å². The molecule has 1 aliphatic rings. The van der Waals surface area contributed by atoms with Crippen molar-refractivity contribution in [1.29, 1.82) is 0 Å². The smallest absolute Gasteiger partial charge is 0.251 e. The maximum Gasteiger partial charge on any atom is 0.251 e. The van der Waals surface area contributed by atoms with Gasteiger partial charge in [0.15, 0.2) is 0 Å². The van der Waals surface area contributed by atoms with Gasteiger partial charge in [0.05, 0.1) is 13.2 Å². The van der Waals surface area contributed by atoms with E-state index in [1.165, 1.54) is 0 Å². The van der Waals surface area contributed by atoms with Crippen molar-refractivity contribution in [3.8, 4) is 11.5 Å². The highest BCUT2D eigenvalue weighted by atomic mass is 16.5. The van der Waals surface area contributed by atoms with Gasteiger partial charge in [0, 0.05) is 23.2 Å². The van der Waals surface area contributed by atoms with Crippen LogP contribution >= 0.6 is 0 Å². The van der Waals surface area contributed by atoms with E-state index < -0.39 is 0 Å². The van der Waals surface area contributed by atoms with Crippen LogP contribution in [0.4, 0.5) is 0 Å². The summed E-state index contributed by atoms with van der Waals surface area (Å²) in [6.45, 7) is 5.06. The lowest BCUT2D eigenvalue weighted by molar-refractivity contribution is 0.0892. The highest BCUT2D eigenvalue weighted by Gasteiger charge is 2.24. The molecule has 6 nitrogen and oxygen atoms in total. The fourth-order valence-corrected chi connectivity index (χ4v) is 3.66. The number of ether oxygens (including phenoxy) is 2. The van der Waals surface area contributed by atoms with Crippen molar-refractivity contribution in [3.63, 3.8) is 0 Å². The number of carbonyl (C=O) groups is 2. The summed E-state index contributed by atoms with van der Waals surface area (Å²) < 4.78 is 10.8. The van der Waals surface area contributed by atoms with Crippen molar-refractivity contribution in [1.82, 2.24) is 10.6 Å². The Hall–Kier alpha value is -3.02. The second-order valence-electron chi connectivity index (χ2n) is 7.41. The molecular formula is C24H30N2O4. The number of benzene rings is 2. The molecule has 30 heavy (non-hydrogen) atoms. The molecule has 0 saturated heterocycles. The van der Waals surface area contributed by atoms with Gasteiger partial charge in [-0.1, -0.05) is 0 Å². The van der Waals surface area contributed by atoms with Gasteiger partial charge >= 0.3 is 0 Å². The van der Waals surface area contributed by atoms with Crippen LogP contribution in [0.25, 0.3) is 0 Å². The minimum absolute atomic E-state index is 0.0695. The van der Waals surface area contributed by atoms with Crippen LogP contribution in [0.3, 0.4) is 0 Å². The van der Waals surface area contributed by atoms with Crippen molar-refractivity contribution in [2.45, 2.75) is 51.6 Å². The van der Waals surface area contributed by atoms with Crippen LogP contribution in [0, 0.1) is 0 Å². The zero-order valence-electron chi connectivity index (χ0n) is 17.6. The Morgan fingerprint density at radius 1 is 0.700 bits per heavy atom. The molecule has 0 unspecified atom stereocenters. The van der Waals surface area contributed by atoms with Gasteiger partial charge in [-0.25, -0.2) is 0 Å². The second kappa shape index (κ2) is 10.7. The SMILES string of the molecule is CCOc1ccc(C(=O)NC2CCC(NC(=O)c3ccc(OCC)cc3)CC2)cc1. The lowest BCUT2D eigenvalue weighted by Gasteiger charge is -2.29. The molecule has 1 fully saturated rings. The molecule has 0 spiro atoms. The summed E-state index contributed by atoms with van der Waals surface area (Å²) in [5.74, 6) is 1.38.